The minimum absolute atomic E-state index is 0.860. The minimum Gasteiger partial charge on any atom is -0.322 e. The van der Waals surface area contributed by atoms with Crippen molar-refractivity contribution in [1.82, 2.24) is 19.5 Å². The fourth-order valence-electron chi connectivity index (χ4n) is 3.92. The highest BCUT2D eigenvalue weighted by Gasteiger charge is 2.15. The first kappa shape index (κ1) is 16.0. The molecule has 3 aromatic heterocycles. The zero-order valence-corrected chi connectivity index (χ0v) is 15.5. The van der Waals surface area contributed by atoms with Gasteiger partial charge in [0.15, 0.2) is 0 Å². The van der Waals surface area contributed by atoms with E-state index in [0.29, 0.717) is 0 Å². The molecule has 0 aliphatic rings. The molecule has 0 saturated carbocycles. The molecule has 0 fully saturated rings. The number of hydrogen-bond donors (Lipinski definition) is 0. The van der Waals surface area contributed by atoms with Crippen LogP contribution in [0.25, 0.3) is 49.8 Å². The molecule has 6 rings (SSSR count). The van der Waals surface area contributed by atoms with Gasteiger partial charge in [0.1, 0.15) is 11.0 Å². The molecule has 0 spiro atoms. The van der Waals surface area contributed by atoms with Gasteiger partial charge in [-0.2, -0.15) is 0 Å². The van der Waals surface area contributed by atoms with E-state index in [1.54, 1.807) is 0 Å². The Kier molecular flexibility index (Phi) is 3.43. The summed E-state index contributed by atoms with van der Waals surface area (Å²) in [5, 5.41) is 2.27. The van der Waals surface area contributed by atoms with Gasteiger partial charge in [-0.25, -0.2) is 9.97 Å². The van der Waals surface area contributed by atoms with Gasteiger partial charge in [-0.15, -0.1) is 0 Å². The van der Waals surface area contributed by atoms with Crippen LogP contribution in [0.5, 0.6) is 0 Å². The Balaban J connectivity index is 1.76. The molecule has 136 valence electrons. The lowest BCUT2D eigenvalue weighted by atomic mass is 10.0. The van der Waals surface area contributed by atoms with E-state index in [9.17, 15) is 0 Å². The summed E-state index contributed by atoms with van der Waals surface area (Å²) in [4.78, 5) is 14.7. The van der Waals surface area contributed by atoms with Gasteiger partial charge in [0.2, 0.25) is 0 Å². The number of rotatable bonds is 2. The smallest absolute Gasteiger partial charge is 0.114 e. The Morgan fingerprint density at radius 1 is 0.621 bits per heavy atom. The van der Waals surface area contributed by atoms with Crippen LogP contribution in [-0.4, -0.2) is 19.5 Å². The molecule has 3 heterocycles. The van der Waals surface area contributed by atoms with Crippen molar-refractivity contribution < 1.29 is 0 Å². The van der Waals surface area contributed by atoms with Gasteiger partial charge in [0.25, 0.3) is 0 Å². The summed E-state index contributed by atoms with van der Waals surface area (Å²) in [6.45, 7) is 0. The number of benzene rings is 3. The largest absolute Gasteiger partial charge is 0.322 e. The number of pyridine rings is 1. The average Bonchev–Trinajstić information content (AvgIpc) is 3.31. The van der Waals surface area contributed by atoms with E-state index in [2.05, 4.69) is 28.8 Å². The maximum atomic E-state index is 5.02. The predicted octanol–water partition coefficient (Wildman–Crippen LogP) is 5.79. The molecule has 29 heavy (non-hydrogen) atoms. The lowest BCUT2D eigenvalue weighted by molar-refractivity contribution is 1.09. The number of hydrogen-bond acceptors (Lipinski definition) is 3. The topological polar surface area (TPSA) is 43.6 Å². The van der Waals surface area contributed by atoms with Gasteiger partial charge in [-0.1, -0.05) is 36.4 Å². The molecule has 0 saturated heterocycles. The fraction of sp³-hybridized carbons (Fsp3) is 0. The van der Waals surface area contributed by atoms with E-state index in [4.69, 9.17) is 15.0 Å². The Labute approximate surface area is 167 Å². The molecular formula is C25H16N4. The highest BCUT2D eigenvalue weighted by molar-refractivity contribution is 6.05. The summed E-state index contributed by atoms with van der Waals surface area (Å²) in [5.74, 6) is 0. The molecule has 0 radical (unpaired) electrons. The Hall–Kier alpha value is -4.05. The lowest BCUT2D eigenvalue weighted by Crippen LogP contribution is -1.98. The van der Waals surface area contributed by atoms with Crippen LogP contribution in [0.15, 0.2) is 97.5 Å². The molecule has 4 nitrogen and oxygen atoms in total. The maximum absolute atomic E-state index is 5.02. The first-order chi connectivity index (χ1) is 14.4. The van der Waals surface area contributed by atoms with Gasteiger partial charge in [0, 0.05) is 29.5 Å². The number of fused-ring (bicyclic) bond motifs is 3. The summed E-state index contributed by atoms with van der Waals surface area (Å²) >= 11 is 0. The Morgan fingerprint density at radius 2 is 1.34 bits per heavy atom. The quantitative estimate of drug-likeness (QED) is 0.361. The number of nitrogens with zero attached hydrogens (tertiary/aromatic N) is 4. The maximum Gasteiger partial charge on any atom is 0.114 e. The first-order valence-electron chi connectivity index (χ1n) is 9.55. The number of aromatic nitrogens is 4. The van der Waals surface area contributed by atoms with Crippen LogP contribution in [0.1, 0.15) is 0 Å². The lowest BCUT2D eigenvalue weighted by Gasteiger charge is -2.13. The Bertz CT molecular complexity index is 1500. The zero-order chi connectivity index (χ0) is 19.2. The molecule has 6 aromatic rings. The summed E-state index contributed by atoms with van der Waals surface area (Å²) in [5.41, 5.74) is 6.42. The first-order valence-corrected chi connectivity index (χ1v) is 9.55. The molecule has 0 aliphatic heterocycles. The standard InChI is InChI=1S/C25H16N4/c1-2-8-18-17(7-1)13-14-26-23(18)19-11-12-22(29-15-5-6-16-29)25-24(19)27-20-9-3-4-10-21(20)28-25/h1-16H. The molecular weight excluding hydrogens is 356 g/mol. The monoisotopic (exact) mass is 372 g/mol. The summed E-state index contributed by atoms with van der Waals surface area (Å²) in [6, 6.07) is 26.6. The van der Waals surface area contributed by atoms with Crippen molar-refractivity contribution in [1.29, 1.82) is 0 Å². The summed E-state index contributed by atoms with van der Waals surface area (Å²) in [7, 11) is 0. The minimum atomic E-state index is 0.860. The number of para-hydroxylation sites is 2. The molecule has 0 N–H and O–H groups in total. The van der Waals surface area contributed by atoms with Crippen LogP contribution >= 0.6 is 0 Å². The molecule has 0 amide bonds. The van der Waals surface area contributed by atoms with Gasteiger partial charge >= 0.3 is 0 Å². The van der Waals surface area contributed by atoms with Crippen molar-refractivity contribution in [2.75, 3.05) is 0 Å². The van der Waals surface area contributed by atoms with Crippen molar-refractivity contribution in [2.45, 2.75) is 0 Å². The second-order valence-corrected chi connectivity index (χ2v) is 7.01. The van der Waals surface area contributed by atoms with Crippen LogP contribution in [0.2, 0.25) is 0 Å². The predicted molar refractivity (Wildman–Crippen MR) is 117 cm³/mol. The fourth-order valence-corrected chi connectivity index (χ4v) is 3.92. The van der Waals surface area contributed by atoms with Crippen LogP contribution < -0.4 is 0 Å². The second kappa shape index (κ2) is 6.24. The highest BCUT2D eigenvalue weighted by atomic mass is 15.0. The van der Waals surface area contributed by atoms with Gasteiger partial charge in [-0.3, -0.25) is 4.98 Å². The average molecular weight is 372 g/mol. The summed E-state index contributed by atoms with van der Waals surface area (Å²) < 4.78 is 2.08. The van der Waals surface area contributed by atoms with E-state index in [1.807, 2.05) is 73.2 Å². The van der Waals surface area contributed by atoms with Gasteiger partial charge in [-0.05, 0) is 47.9 Å². The van der Waals surface area contributed by atoms with E-state index in [1.165, 1.54) is 0 Å². The van der Waals surface area contributed by atoms with Crippen molar-refractivity contribution in [2.24, 2.45) is 0 Å². The van der Waals surface area contributed by atoms with E-state index in [-0.39, 0.29) is 0 Å². The van der Waals surface area contributed by atoms with Crippen molar-refractivity contribution >= 4 is 32.8 Å². The third-order valence-corrected chi connectivity index (χ3v) is 5.29. The van der Waals surface area contributed by atoms with E-state index >= 15 is 0 Å². The molecule has 3 aromatic carbocycles. The van der Waals surface area contributed by atoms with Gasteiger partial charge < -0.3 is 4.57 Å². The van der Waals surface area contributed by atoms with Crippen molar-refractivity contribution in [3.8, 4) is 16.9 Å². The molecule has 0 aliphatic carbocycles. The van der Waals surface area contributed by atoms with Crippen LogP contribution in [0.3, 0.4) is 0 Å². The third-order valence-electron chi connectivity index (χ3n) is 5.29. The van der Waals surface area contributed by atoms with Gasteiger partial charge in [0.05, 0.1) is 22.4 Å². The zero-order valence-electron chi connectivity index (χ0n) is 15.5. The van der Waals surface area contributed by atoms with Crippen LogP contribution in [0, 0.1) is 0 Å². The third kappa shape index (κ3) is 2.50. The second-order valence-electron chi connectivity index (χ2n) is 7.01. The van der Waals surface area contributed by atoms with Crippen LogP contribution in [-0.2, 0) is 0 Å². The van der Waals surface area contributed by atoms with E-state index in [0.717, 1.165) is 49.8 Å². The van der Waals surface area contributed by atoms with Crippen molar-refractivity contribution in [3.63, 3.8) is 0 Å². The summed E-state index contributed by atoms with van der Waals surface area (Å²) in [6.07, 6.45) is 5.92. The van der Waals surface area contributed by atoms with Crippen LogP contribution in [0.4, 0.5) is 0 Å². The highest BCUT2D eigenvalue weighted by Crippen LogP contribution is 2.34. The molecule has 4 heteroatoms. The molecule has 0 bridgehead atoms. The SMILES string of the molecule is c1ccc2c(-c3ccc(-n4cccc4)c4nc5ccccc5nc34)nccc2c1. The molecule has 0 atom stereocenters. The normalized spacial score (nSPS) is 11.4. The van der Waals surface area contributed by atoms with Crippen molar-refractivity contribution in [3.05, 3.63) is 97.5 Å². The van der Waals surface area contributed by atoms with E-state index < -0.39 is 0 Å². The Morgan fingerprint density at radius 3 is 2.17 bits per heavy atom. The molecule has 0 unspecified atom stereocenters.